The summed E-state index contributed by atoms with van der Waals surface area (Å²) in [5, 5.41) is 0. The lowest BCUT2D eigenvalue weighted by Gasteiger charge is -2.42. The van der Waals surface area contributed by atoms with Crippen LogP contribution in [0.25, 0.3) is 0 Å². The van der Waals surface area contributed by atoms with Crippen LogP contribution in [-0.4, -0.2) is 35.0 Å². The van der Waals surface area contributed by atoms with Crippen molar-refractivity contribution >= 4 is 5.91 Å². The van der Waals surface area contributed by atoms with Crippen LogP contribution < -0.4 is 11.3 Å². The van der Waals surface area contributed by atoms with Gasteiger partial charge in [-0.15, -0.1) is 0 Å². The van der Waals surface area contributed by atoms with Gasteiger partial charge in [0.1, 0.15) is 0 Å². The van der Waals surface area contributed by atoms with E-state index < -0.39 is 0 Å². The molecule has 0 aromatic carbocycles. The van der Waals surface area contributed by atoms with Gasteiger partial charge in [-0.25, -0.2) is 0 Å². The Labute approximate surface area is 105 Å². The number of pyridine rings is 1. The molecular weight excluding hydrogens is 230 g/mol. The Bertz CT molecular complexity index is 537. The van der Waals surface area contributed by atoms with E-state index in [2.05, 4.69) is 4.90 Å². The highest BCUT2D eigenvalue weighted by Gasteiger charge is 2.34. The van der Waals surface area contributed by atoms with Crippen molar-refractivity contribution in [3.8, 4) is 0 Å². The summed E-state index contributed by atoms with van der Waals surface area (Å²) in [6.07, 6.45) is 1.11. The van der Waals surface area contributed by atoms with Gasteiger partial charge in [0, 0.05) is 37.3 Å². The minimum absolute atomic E-state index is 0.0885. The molecule has 2 N–H and O–H groups in total. The number of rotatable bonds is 2. The van der Waals surface area contributed by atoms with E-state index in [9.17, 15) is 9.59 Å². The van der Waals surface area contributed by atoms with E-state index in [4.69, 9.17) is 5.73 Å². The van der Waals surface area contributed by atoms with Gasteiger partial charge in [-0.05, 0) is 18.4 Å². The number of fused-ring (bicyclic) bond motifs is 4. The van der Waals surface area contributed by atoms with E-state index in [0.29, 0.717) is 18.4 Å². The van der Waals surface area contributed by atoms with E-state index in [1.54, 1.807) is 6.07 Å². The number of primary amides is 1. The lowest BCUT2D eigenvalue weighted by Crippen LogP contribution is -2.49. The number of likely N-dealkylation sites (tertiary alicyclic amines) is 1. The molecule has 1 amide bonds. The summed E-state index contributed by atoms with van der Waals surface area (Å²) in [4.78, 5) is 25.0. The third-order valence-corrected chi connectivity index (χ3v) is 3.93. The number of nitrogens with two attached hydrogens (primary N) is 1. The van der Waals surface area contributed by atoms with Gasteiger partial charge < -0.3 is 10.3 Å². The lowest BCUT2D eigenvalue weighted by molar-refractivity contribution is -0.119. The van der Waals surface area contributed by atoms with Gasteiger partial charge in [0.2, 0.25) is 5.91 Å². The summed E-state index contributed by atoms with van der Waals surface area (Å²) >= 11 is 0. The molecule has 18 heavy (non-hydrogen) atoms. The Morgan fingerprint density at radius 3 is 2.94 bits per heavy atom. The largest absolute Gasteiger partial charge is 0.369 e. The number of hydrogen-bond donors (Lipinski definition) is 1. The fraction of sp³-hybridized carbons (Fsp3) is 0.538. The van der Waals surface area contributed by atoms with E-state index in [-0.39, 0.29) is 11.5 Å². The van der Waals surface area contributed by atoms with Gasteiger partial charge in [-0.1, -0.05) is 6.07 Å². The zero-order valence-corrected chi connectivity index (χ0v) is 10.2. The average Bonchev–Trinajstić information content (AvgIpc) is 2.29. The van der Waals surface area contributed by atoms with Gasteiger partial charge >= 0.3 is 0 Å². The summed E-state index contributed by atoms with van der Waals surface area (Å²) in [5.41, 5.74) is 6.45. The number of nitrogens with zero attached hydrogens (tertiary/aromatic N) is 2. The minimum Gasteiger partial charge on any atom is -0.369 e. The number of carbonyl (C=O) groups is 1. The van der Waals surface area contributed by atoms with E-state index in [1.165, 1.54) is 0 Å². The zero-order chi connectivity index (χ0) is 12.7. The van der Waals surface area contributed by atoms with Crippen molar-refractivity contribution in [2.45, 2.75) is 18.9 Å². The second-order valence-corrected chi connectivity index (χ2v) is 5.36. The molecule has 1 aromatic rings. The average molecular weight is 247 g/mol. The first-order valence-electron chi connectivity index (χ1n) is 6.34. The van der Waals surface area contributed by atoms with Crippen LogP contribution in [0.2, 0.25) is 0 Å². The number of piperidine rings is 1. The summed E-state index contributed by atoms with van der Waals surface area (Å²) < 4.78 is 1.89. The van der Waals surface area contributed by atoms with Crippen LogP contribution in [0.1, 0.15) is 18.0 Å². The molecule has 1 aromatic heterocycles. The summed E-state index contributed by atoms with van der Waals surface area (Å²) in [7, 11) is 0. The maximum Gasteiger partial charge on any atom is 0.250 e. The second kappa shape index (κ2) is 4.24. The number of amides is 1. The van der Waals surface area contributed by atoms with Crippen LogP contribution in [0.15, 0.2) is 23.0 Å². The number of carbonyl (C=O) groups excluding carboxylic acids is 1. The van der Waals surface area contributed by atoms with Crippen molar-refractivity contribution in [3.05, 3.63) is 34.2 Å². The molecule has 2 aliphatic rings. The normalized spacial score (nSPS) is 26.7. The predicted octanol–water partition coefficient (Wildman–Crippen LogP) is -0.247. The fourth-order valence-electron chi connectivity index (χ4n) is 3.35. The molecule has 3 rings (SSSR count). The first-order valence-corrected chi connectivity index (χ1v) is 6.34. The fourth-order valence-corrected chi connectivity index (χ4v) is 3.35. The molecule has 2 aliphatic heterocycles. The van der Waals surface area contributed by atoms with Gasteiger partial charge in [0.15, 0.2) is 0 Å². The molecule has 0 radical (unpaired) electrons. The monoisotopic (exact) mass is 247 g/mol. The minimum atomic E-state index is -0.277. The molecule has 2 bridgehead atoms. The second-order valence-electron chi connectivity index (χ2n) is 5.36. The highest BCUT2D eigenvalue weighted by Crippen LogP contribution is 2.34. The number of hydrogen-bond acceptors (Lipinski definition) is 3. The van der Waals surface area contributed by atoms with E-state index in [0.717, 1.165) is 31.7 Å². The molecule has 5 heteroatoms. The molecule has 2 atom stereocenters. The molecule has 96 valence electrons. The first-order chi connectivity index (χ1) is 8.63. The molecule has 5 nitrogen and oxygen atoms in total. The summed E-state index contributed by atoms with van der Waals surface area (Å²) in [6, 6.07) is 5.46. The smallest absolute Gasteiger partial charge is 0.250 e. The molecule has 1 saturated heterocycles. The molecule has 1 fully saturated rings. The Kier molecular flexibility index (Phi) is 2.70. The van der Waals surface area contributed by atoms with Gasteiger partial charge in [-0.3, -0.25) is 14.5 Å². The highest BCUT2D eigenvalue weighted by molar-refractivity contribution is 5.75. The molecule has 0 aliphatic carbocycles. The Morgan fingerprint density at radius 1 is 1.33 bits per heavy atom. The molecule has 0 spiro atoms. The molecule has 0 unspecified atom stereocenters. The van der Waals surface area contributed by atoms with Crippen LogP contribution in [0, 0.1) is 5.92 Å². The topological polar surface area (TPSA) is 68.3 Å². The van der Waals surface area contributed by atoms with Crippen molar-refractivity contribution in [1.82, 2.24) is 9.47 Å². The SMILES string of the molecule is NC(=O)CN1C[C@@H]2C[C@H](C1)c1cccc(=O)n1C2. The standard InChI is InChI=1S/C13H17N3O2/c14-12(17)8-15-5-9-4-10(7-15)11-2-1-3-13(18)16(11)6-9/h1-3,9-10H,4-8H2,(H2,14,17)/t9-,10+/m0/s1. The van der Waals surface area contributed by atoms with Crippen molar-refractivity contribution < 1.29 is 4.79 Å². The summed E-state index contributed by atoms with van der Waals surface area (Å²) in [6.45, 7) is 2.77. The van der Waals surface area contributed by atoms with Crippen molar-refractivity contribution in [1.29, 1.82) is 0 Å². The maximum absolute atomic E-state index is 11.8. The van der Waals surface area contributed by atoms with Gasteiger partial charge in [0.05, 0.1) is 6.54 Å². The third kappa shape index (κ3) is 1.95. The molecule has 0 saturated carbocycles. The maximum atomic E-state index is 11.8. The predicted molar refractivity (Wildman–Crippen MR) is 67.2 cm³/mol. The van der Waals surface area contributed by atoms with E-state index in [1.807, 2.05) is 16.7 Å². The van der Waals surface area contributed by atoms with Crippen LogP contribution >= 0.6 is 0 Å². The van der Waals surface area contributed by atoms with E-state index >= 15 is 0 Å². The van der Waals surface area contributed by atoms with Crippen LogP contribution in [0.4, 0.5) is 0 Å². The Balaban J connectivity index is 1.90. The zero-order valence-electron chi connectivity index (χ0n) is 10.2. The molecular formula is C13H17N3O2. The number of aromatic nitrogens is 1. The van der Waals surface area contributed by atoms with Gasteiger partial charge in [-0.2, -0.15) is 0 Å². The van der Waals surface area contributed by atoms with Crippen LogP contribution in [-0.2, 0) is 11.3 Å². The van der Waals surface area contributed by atoms with Crippen molar-refractivity contribution in [2.75, 3.05) is 19.6 Å². The van der Waals surface area contributed by atoms with Gasteiger partial charge in [0.25, 0.3) is 5.56 Å². The Hall–Kier alpha value is -1.62. The van der Waals surface area contributed by atoms with Crippen LogP contribution in [0.3, 0.4) is 0 Å². The summed E-state index contributed by atoms with van der Waals surface area (Å²) in [5.74, 6) is 0.530. The Morgan fingerprint density at radius 2 is 2.17 bits per heavy atom. The lowest BCUT2D eigenvalue weighted by atomic mass is 9.83. The highest BCUT2D eigenvalue weighted by atomic mass is 16.1. The molecule has 3 heterocycles. The first kappa shape index (κ1) is 11.5. The van der Waals surface area contributed by atoms with Crippen molar-refractivity contribution in [3.63, 3.8) is 0 Å². The quantitative estimate of drug-likeness (QED) is 0.783. The third-order valence-electron chi connectivity index (χ3n) is 3.93. The van der Waals surface area contributed by atoms with Crippen molar-refractivity contribution in [2.24, 2.45) is 11.7 Å². The van der Waals surface area contributed by atoms with Crippen LogP contribution in [0.5, 0.6) is 0 Å².